The van der Waals surface area contributed by atoms with Gasteiger partial charge in [-0.2, -0.15) is 0 Å². The van der Waals surface area contributed by atoms with Crippen molar-refractivity contribution in [1.82, 2.24) is 4.90 Å². The number of thiophene rings is 1. The highest BCUT2D eigenvalue weighted by atomic mass is 32.1. The number of aliphatic carboxylic acids is 1. The molecule has 0 radical (unpaired) electrons. The fraction of sp³-hybridized carbons (Fsp3) is 0.625. The zero-order chi connectivity index (χ0) is 15.0. The number of likely N-dealkylation sites (tertiary alicyclic amines) is 1. The van der Waals surface area contributed by atoms with Crippen molar-refractivity contribution in [2.75, 3.05) is 6.54 Å². The molecule has 21 heavy (non-hydrogen) atoms. The molecule has 2 atom stereocenters. The van der Waals surface area contributed by atoms with Gasteiger partial charge in [0.15, 0.2) is 0 Å². The molecule has 3 rings (SSSR count). The quantitative estimate of drug-likeness (QED) is 0.914. The first-order chi connectivity index (χ1) is 10.1. The highest BCUT2D eigenvalue weighted by molar-refractivity contribution is 7.14. The summed E-state index contributed by atoms with van der Waals surface area (Å²) in [5.74, 6) is -0.288. The van der Waals surface area contributed by atoms with Gasteiger partial charge in [0.25, 0.3) is 5.91 Å². The second-order valence-electron chi connectivity index (χ2n) is 6.26. The first-order valence-electron chi connectivity index (χ1n) is 7.71. The van der Waals surface area contributed by atoms with Gasteiger partial charge < -0.3 is 10.0 Å². The number of amides is 1. The summed E-state index contributed by atoms with van der Waals surface area (Å²) in [6.45, 7) is 2.81. The van der Waals surface area contributed by atoms with E-state index in [0.717, 1.165) is 30.6 Å². The molecule has 0 saturated carbocycles. The molecular formula is C16H21NO3S. The zero-order valence-corrected chi connectivity index (χ0v) is 13.1. The summed E-state index contributed by atoms with van der Waals surface area (Å²) < 4.78 is 0. The third kappa shape index (κ3) is 2.84. The largest absolute Gasteiger partial charge is 0.480 e. The second kappa shape index (κ2) is 5.79. The first-order valence-corrected chi connectivity index (χ1v) is 8.53. The number of fused-ring (bicyclic) bond motifs is 1. The Bertz CT molecular complexity index is 566. The highest BCUT2D eigenvalue weighted by Gasteiger charge is 2.33. The van der Waals surface area contributed by atoms with Gasteiger partial charge in [-0.1, -0.05) is 6.92 Å². The van der Waals surface area contributed by atoms with Crippen LogP contribution in [0.4, 0.5) is 0 Å². The second-order valence-corrected chi connectivity index (χ2v) is 7.39. The lowest BCUT2D eigenvalue weighted by Gasteiger charge is -2.32. The Kier molecular flexibility index (Phi) is 4.02. The highest BCUT2D eigenvalue weighted by Crippen LogP contribution is 2.33. The SMILES string of the molecule is CC1CCc2sc(C(=O)N3CCCC[C@H]3C(=O)O)cc2C1. The van der Waals surface area contributed by atoms with Crippen LogP contribution in [0, 0.1) is 5.92 Å². The molecule has 1 aliphatic heterocycles. The van der Waals surface area contributed by atoms with E-state index in [1.54, 1.807) is 16.2 Å². The van der Waals surface area contributed by atoms with Gasteiger partial charge in [-0.05, 0) is 56.1 Å². The molecule has 4 nitrogen and oxygen atoms in total. The zero-order valence-electron chi connectivity index (χ0n) is 12.3. The van der Waals surface area contributed by atoms with Crippen LogP contribution in [0.25, 0.3) is 0 Å². The van der Waals surface area contributed by atoms with Crippen molar-refractivity contribution in [2.24, 2.45) is 5.92 Å². The molecule has 1 amide bonds. The summed E-state index contributed by atoms with van der Waals surface area (Å²) in [5.41, 5.74) is 1.30. The minimum Gasteiger partial charge on any atom is -0.480 e. The molecule has 1 aliphatic carbocycles. The summed E-state index contributed by atoms with van der Waals surface area (Å²) in [7, 11) is 0. The fourth-order valence-electron chi connectivity index (χ4n) is 3.38. The number of hydrogen-bond acceptors (Lipinski definition) is 3. The Morgan fingerprint density at radius 3 is 2.90 bits per heavy atom. The molecule has 1 N–H and O–H groups in total. The molecule has 2 heterocycles. The van der Waals surface area contributed by atoms with Crippen LogP contribution in [0.15, 0.2) is 6.07 Å². The number of carbonyl (C=O) groups is 2. The number of hydrogen-bond donors (Lipinski definition) is 1. The number of carboxylic acids is 1. The van der Waals surface area contributed by atoms with E-state index in [2.05, 4.69) is 6.92 Å². The van der Waals surface area contributed by atoms with Crippen LogP contribution in [-0.2, 0) is 17.6 Å². The van der Waals surface area contributed by atoms with Gasteiger partial charge in [-0.3, -0.25) is 4.79 Å². The molecule has 5 heteroatoms. The van der Waals surface area contributed by atoms with Crippen molar-refractivity contribution >= 4 is 23.2 Å². The average molecular weight is 307 g/mol. The van der Waals surface area contributed by atoms with E-state index in [1.165, 1.54) is 16.9 Å². The lowest BCUT2D eigenvalue weighted by Crippen LogP contribution is -2.47. The molecule has 1 saturated heterocycles. The fourth-order valence-corrected chi connectivity index (χ4v) is 4.55. The lowest BCUT2D eigenvalue weighted by atomic mass is 9.90. The minimum atomic E-state index is -0.877. The number of rotatable bonds is 2. The maximum absolute atomic E-state index is 12.7. The Morgan fingerprint density at radius 2 is 2.14 bits per heavy atom. The molecular weight excluding hydrogens is 286 g/mol. The summed E-state index contributed by atoms with van der Waals surface area (Å²) in [6.07, 6.45) is 5.64. The molecule has 1 aromatic rings. The maximum atomic E-state index is 12.7. The van der Waals surface area contributed by atoms with E-state index in [0.29, 0.717) is 18.9 Å². The Balaban J connectivity index is 1.83. The maximum Gasteiger partial charge on any atom is 0.326 e. The molecule has 0 aromatic carbocycles. The number of nitrogens with zero attached hydrogens (tertiary/aromatic N) is 1. The van der Waals surface area contributed by atoms with Crippen molar-refractivity contribution in [3.05, 3.63) is 21.4 Å². The summed E-state index contributed by atoms with van der Waals surface area (Å²) in [6, 6.07) is 1.36. The van der Waals surface area contributed by atoms with Crippen LogP contribution in [0.3, 0.4) is 0 Å². The molecule has 1 aromatic heterocycles. The number of carboxylic acid groups (broad SMARTS) is 1. The lowest BCUT2D eigenvalue weighted by molar-refractivity contribution is -0.143. The Labute approximate surface area is 128 Å². The van der Waals surface area contributed by atoms with Crippen molar-refractivity contribution < 1.29 is 14.7 Å². The van der Waals surface area contributed by atoms with E-state index in [9.17, 15) is 14.7 Å². The summed E-state index contributed by atoms with van der Waals surface area (Å²) in [4.78, 5) is 27.6. The van der Waals surface area contributed by atoms with Crippen LogP contribution in [0.5, 0.6) is 0 Å². The van der Waals surface area contributed by atoms with E-state index in [1.807, 2.05) is 6.07 Å². The predicted molar refractivity (Wildman–Crippen MR) is 81.8 cm³/mol. The van der Waals surface area contributed by atoms with Gasteiger partial charge >= 0.3 is 5.97 Å². The predicted octanol–water partition coefficient (Wildman–Crippen LogP) is 2.95. The normalized spacial score (nSPS) is 25.5. The number of piperidine rings is 1. The van der Waals surface area contributed by atoms with Crippen LogP contribution < -0.4 is 0 Å². The van der Waals surface area contributed by atoms with Gasteiger partial charge in [-0.15, -0.1) is 11.3 Å². The first kappa shape index (κ1) is 14.6. The molecule has 2 aliphatic rings. The van der Waals surface area contributed by atoms with Crippen molar-refractivity contribution in [2.45, 2.75) is 51.5 Å². The summed E-state index contributed by atoms with van der Waals surface area (Å²) >= 11 is 1.57. The van der Waals surface area contributed by atoms with E-state index in [4.69, 9.17) is 0 Å². The molecule has 114 valence electrons. The number of aryl methyl sites for hydroxylation is 1. The smallest absolute Gasteiger partial charge is 0.326 e. The molecule has 1 unspecified atom stereocenters. The van der Waals surface area contributed by atoms with Gasteiger partial charge in [-0.25, -0.2) is 4.79 Å². The summed E-state index contributed by atoms with van der Waals surface area (Å²) in [5, 5.41) is 9.31. The van der Waals surface area contributed by atoms with Crippen LogP contribution in [0.2, 0.25) is 0 Å². The molecule has 1 fully saturated rings. The van der Waals surface area contributed by atoms with Gasteiger partial charge in [0.2, 0.25) is 0 Å². The van der Waals surface area contributed by atoms with Crippen molar-refractivity contribution in [3.63, 3.8) is 0 Å². The standard InChI is InChI=1S/C16H21NO3S/c1-10-5-6-13-11(8-10)9-14(21-13)15(18)17-7-3-2-4-12(17)16(19)20/h9-10,12H,2-8H2,1H3,(H,19,20)/t10?,12-/m0/s1. The van der Waals surface area contributed by atoms with Crippen LogP contribution >= 0.6 is 11.3 Å². The molecule has 0 bridgehead atoms. The van der Waals surface area contributed by atoms with Crippen LogP contribution in [-0.4, -0.2) is 34.5 Å². The van der Waals surface area contributed by atoms with Gasteiger partial charge in [0.1, 0.15) is 6.04 Å². The van der Waals surface area contributed by atoms with E-state index >= 15 is 0 Å². The third-order valence-corrected chi connectivity index (χ3v) is 5.81. The number of carbonyl (C=O) groups excluding carboxylic acids is 1. The molecule has 0 spiro atoms. The monoisotopic (exact) mass is 307 g/mol. The minimum absolute atomic E-state index is 0.0887. The van der Waals surface area contributed by atoms with Gasteiger partial charge in [0, 0.05) is 11.4 Å². The Hall–Kier alpha value is -1.36. The van der Waals surface area contributed by atoms with Gasteiger partial charge in [0.05, 0.1) is 4.88 Å². The average Bonchev–Trinajstić information content (AvgIpc) is 2.89. The third-order valence-electron chi connectivity index (χ3n) is 4.59. The topological polar surface area (TPSA) is 57.6 Å². The van der Waals surface area contributed by atoms with Crippen LogP contribution in [0.1, 0.15) is 52.7 Å². The van der Waals surface area contributed by atoms with Crippen molar-refractivity contribution in [3.8, 4) is 0 Å². The van der Waals surface area contributed by atoms with Crippen molar-refractivity contribution in [1.29, 1.82) is 0 Å². The van der Waals surface area contributed by atoms with E-state index < -0.39 is 12.0 Å². The van der Waals surface area contributed by atoms with E-state index in [-0.39, 0.29) is 5.91 Å². The Morgan fingerprint density at radius 1 is 1.33 bits per heavy atom.